The average Bonchev–Trinajstić information content (AvgIpc) is 2.96. The van der Waals surface area contributed by atoms with Gasteiger partial charge >= 0.3 is 5.97 Å². The first-order valence-corrected chi connectivity index (χ1v) is 6.17. The largest absolute Gasteiger partial charge is 0.477 e. The minimum Gasteiger partial charge on any atom is -0.477 e. The molecular formula is C12H13N5O4. The van der Waals surface area contributed by atoms with Crippen LogP contribution in [0, 0.1) is 10.1 Å². The number of carbonyl (C=O) groups is 1. The van der Waals surface area contributed by atoms with Crippen LogP contribution in [-0.2, 0) is 6.54 Å². The van der Waals surface area contributed by atoms with Gasteiger partial charge in [-0.1, -0.05) is 5.21 Å². The first-order chi connectivity index (χ1) is 10.1. The monoisotopic (exact) mass is 291 g/mol. The smallest absolute Gasteiger partial charge is 0.342 e. The van der Waals surface area contributed by atoms with Gasteiger partial charge in [-0.05, 0) is 18.6 Å². The first kappa shape index (κ1) is 14.4. The van der Waals surface area contributed by atoms with E-state index in [4.69, 9.17) is 5.11 Å². The normalized spacial score (nSPS) is 10.3. The molecule has 0 saturated heterocycles. The van der Waals surface area contributed by atoms with E-state index in [1.165, 1.54) is 18.2 Å². The van der Waals surface area contributed by atoms with Crippen LogP contribution in [0.15, 0.2) is 30.6 Å². The molecule has 2 rings (SSSR count). The van der Waals surface area contributed by atoms with Gasteiger partial charge in [-0.25, -0.2) is 4.79 Å². The molecule has 0 fully saturated rings. The second kappa shape index (κ2) is 6.46. The number of hydrogen-bond donors (Lipinski definition) is 2. The topological polar surface area (TPSA) is 123 Å². The maximum absolute atomic E-state index is 11.0. The summed E-state index contributed by atoms with van der Waals surface area (Å²) >= 11 is 0. The summed E-state index contributed by atoms with van der Waals surface area (Å²) in [7, 11) is 0. The number of nitro groups is 1. The van der Waals surface area contributed by atoms with Crippen molar-refractivity contribution in [2.75, 3.05) is 11.9 Å². The van der Waals surface area contributed by atoms with Gasteiger partial charge in [-0.15, -0.1) is 5.10 Å². The maximum atomic E-state index is 11.0. The number of carboxylic acid groups (broad SMARTS) is 1. The molecule has 1 aromatic carbocycles. The highest BCUT2D eigenvalue weighted by Gasteiger charge is 2.19. The Hall–Kier alpha value is -2.97. The third-order valence-electron chi connectivity index (χ3n) is 2.79. The van der Waals surface area contributed by atoms with Crippen molar-refractivity contribution in [2.24, 2.45) is 0 Å². The first-order valence-electron chi connectivity index (χ1n) is 6.17. The lowest BCUT2D eigenvalue weighted by molar-refractivity contribution is -0.385. The predicted molar refractivity (Wildman–Crippen MR) is 73.2 cm³/mol. The molecule has 0 aliphatic carbocycles. The molecule has 9 nitrogen and oxygen atoms in total. The molecule has 21 heavy (non-hydrogen) atoms. The van der Waals surface area contributed by atoms with Crippen molar-refractivity contribution in [3.05, 3.63) is 46.3 Å². The number of hydrogen-bond acceptors (Lipinski definition) is 6. The molecule has 0 unspecified atom stereocenters. The lowest BCUT2D eigenvalue weighted by atomic mass is 10.1. The summed E-state index contributed by atoms with van der Waals surface area (Å²) in [6.45, 7) is 1.25. The zero-order chi connectivity index (χ0) is 15.2. The fraction of sp³-hybridized carbons (Fsp3) is 0.250. The number of rotatable bonds is 7. The van der Waals surface area contributed by atoms with E-state index in [9.17, 15) is 14.9 Å². The van der Waals surface area contributed by atoms with Gasteiger partial charge in [0.1, 0.15) is 5.56 Å². The standard InChI is InChI=1S/C12H13N5O4/c18-12(19)10-8-9(2-3-11(10)17(20)21)13-4-1-6-16-7-5-14-15-16/h2-3,5,7-8,13H,1,4,6H2,(H,18,19). The third kappa shape index (κ3) is 3.75. The van der Waals surface area contributed by atoms with Gasteiger partial charge in [0, 0.05) is 31.0 Å². The van der Waals surface area contributed by atoms with Crippen LogP contribution in [0.5, 0.6) is 0 Å². The summed E-state index contributed by atoms with van der Waals surface area (Å²) in [6, 6.07) is 3.93. The summed E-state index contributed by atoms with van der Waals surface area (Å²) in [6.07, 6.45) is 4.08. The molecule has 110 valence electrons. The van der Waals surface area contributed by atoms with Crippen LogP contribution in [-0.4, -0.2) is 37.5 Å². The van der Waals surface area contributed by atoms with E-state index in [2.05, 4.69) is 15.6 Å². The minimum absolute atomic E-state index is 0.332. The van der Waals surface area contributed by atoms with Gasteiger partial charge in [0.25, 0.3) is 5.69 Å². The molecule has 0 spiro atoms. The van der Waals surface area contributed by atoms with Crippen LogP contribution >= 0.6 is 0 Å². The molecule has 0 aliphatic heterocycles. The van der Waals surface area contributed by atoms with Gasteiger partial charge in [0.05, 0.1) is 11.1 Å². The number of nitrogens with zero attached hydrogens (tertiary/aromatic N) is 4. The van der Waals surface area contributed by atoms with Crippen LogP contribution in [0.25, 0.3) is 0 Å². The van der Waals surface area contributed by atoms with E-state index < -0.39 is 16.6 Å². The van der Waals surface area contributed by atoms with Crippen molar-refractivity contribution in [3.63, 3.8) is 0 Å². The molecule has 1 aromatic heterocycles. The van der Waals surface area contributed by atoms with Crippen molar-refractivity contribution >= 4 is 17.3 Å². The van der Waals surface area contributed by atoms with Crippen LogP contribution in [0.3, 0.4) is 0 Å². The number of aryl methyl sites for hydroxylation is 1. The second-order valence-corrected chi connectivity index (χ2v) is 4.24. The molecule has 0 radical (unpaired) electrons. The SMILES string of the molecule is O=C(O)c1cc(NCCCn2ccnn2)ccc1[N+](=O)[O-]. The molecule has 0 atom stereocenters. The maximum Gasteiger partial charge on any atom is 0.342 e. The van der Waals surface area contributed by atoms with Crippen molar-refractivity contribution in [2.45, 2.75) is 13.0 Å². The zero-order valence-corrected chi connectivity index (χ0v) is 11.0. The number of benzene rings is 1. The molecule has 0 amide bonds. The van der Waals surface area contributed by atoms with Crippen LogP contribution in [0.4, 0.5) is 11.4 Å². The molecule has 2 aromatic rings. The highest BCUT2D eigenvalue weighted by Crippen LogP contribution is 2.22. The Kier molecular flexibility index (Phi) is 4.44. The van der Waals surface area contributed by atoms with Crippen molar-refractivity contribution in [1.29, 1.82) is 0 Å². The average molecular weight is 291 g/mol. The summed E-state index contributed by atoms with van der Waals surface area (Å²) in [5.74, 6) is -1.33. The molecule has 0 aliphatic rings. The highest BCUT2D eigenvalue weighted by atomic mass is 16.6. The Morgan fingerprint density at radius 1 is 1.48 bits per heavy atom. The van der Waals surface area contributed by atoms with Crippen LogP contribution in [0.2, 0.25) is 0 Å². The number of nitrogens with one attached hydrogen (secondary N) is 1. The van der Waals surface area contributed by atoms with E-state index in [0.29, 0.717) is 18.8 Å². The fourth-order valence-electron chi connectivity index (χ4n) is 1.80. The van der Waals surface area contributed by atoms with E-state index in [1.54, 1.807) is 17.1 Å². The molecule has 0 bridgehead atoms. The third-order valence-corrected chi connectivity index (χ3v) is 2.79. The Morgan fingerprint density at radius 3 is 2.90 bits per heavy atom. The van der Waals surface area contributed by atoms with Crippen LogP contribution in [0.1, 0.15) is 16.8 Å². The van der Waals surface area contributed by atoms with Crippen molar-refractivity contribution in [1.82, 2.24) is 15.0 Å². The number of anilines is 1. The Labute approximate surface area is 119 Å². The summed E-state index contributed by atoms with van der Waals surface area (Å²) < 4.78 is 1.68. The summed E-state index contributed by atoms with van der Waals surface area (Å²) in [5.41, 5.74) is -0.228. The van der Waals surface area contributed by atoms with Crippen LogP contribution < -0.4 is 5.32 Å². The molecule has 0 saturated carbocycles. The van der Waals surface area contributed by atoms with E-state index >= 15 is 0 Å². The quantitative estimate of drug-likeness (QED) is 0.448. The van der Waals surface area contributed by atoms with Gasteiger partial charge in [-0.2, -0.15) is 0 Å². The van der Waals surface area contributed by atoms with Crippen molar-refractivity contribution in [3.8, 4) is 0 Å². The highest BCUT2D eigenvalue weighted by molar-refractivity contribution is 5.93. The predicted octanol–water partition coefficient (Wildman–Crippen LogP) is 1.39. The zero-order valence-electron chi connectivity index (χ0n) is 11.0. The summed E-state index contributed by atoms with van der Waals surface area (Å²) in [5, 5.41) is 30.2. The summed E-state index contributed by atoms with van der Waals surface area (Å²) in [4.78, 5) is 21.0. The number of carboxylic acids is 1. The Bertz CT molecular complexity index is 641. The molecular weight excluding hydrogens is 278 g/mol. The minimum atomic E-state index is -1.33. The van der Waals surface area contributed by atoms with E-state index in [-0.39, 0.29) is 5.56 Å². The molecule has 2 N–H and O–H groups in total. The van der Waals surface area contributed by atoms with Gasteiger partial charge in [0.2, 0.25) is 0 Å². The number of aromatic carboxylic acids is 1. The Morgan fingerprint density at radius 2 is 2.29 bits per heavy atom. The van der Waals surface area contributed by atoms with Gasteiger partial charge in [0.15, 0.2) is 0 Å². The van der Waals surface area contributed by atoms with E-state index in [1.807, 2.05) is 0 Å². The van der Waals surface area contributed by atoms with Gasteiger partial charge < -0.3 is 10.4 Å². The fourth-order valence-corrected chi connectivity index (χ4v) is 1.80. The molecule has 9 heteroatoms. The second-order valence-electron chi connectivity index (χ2n) is 4.24. The van der Waals surface area contributed by atoms with E-state index in [0.717, 1.165) is 6.42 Å². The number of nitro benzene ring substituents is 1. The molecule has 1 heterocycles. The number of aromatic nitrogens is 3. The Balaban J connectivity index is 1.95. The lowest BCUT2D eigenvalue weighted by Crippen LogP contribution is -2.09. The lowest BCUT2D eigenvalue weighted by Gasteiger charge is -2.07. The van der Waals surface area contributed by atoms with Crippen molar-refractivity contribution < 1.29 is 14.8 Å². The van der Waals surface area contributed by atoms with Gasteiger partial charge in [-0.3, -0.25) is 14.8 Å².